The second-order valence-corrected chi connectivity index (χ2v) is 10.6. The molecule has 2 amide bonds. The van der Waals surface area contributed by atoms with E-state index in [9.17, 15) is 19.1 Å². The van der Waals surface area contributed by atoms with E-state index in [4.69, 9.17) is 4.74 Å². The first-order chi connectivity index (χ1) is 17.9. The van der Waals surface area contributed by atoms with E-state index in [1.165, 1.54) is 18.5 Å². The van der Waals surface area contributed by atoms with Crippen molar-refractivity contribution in [3.05, 3.63) is 42.1 Å². The van der Waals surface area contributed by atoms with Gasteiger partial charge in [-0.25, -0.2) is 14.4 Å². The van der Waals surface area contributed by atoms with Crippen LogP contribution in [0.15, 0.2) is 30.7 Å². The zero-order valence-electron chi connectivity index (χ0n) is 20.4. The van der Waals surface area contributed by atoms with Gasteiger partial charge in [-0.05, 0) is 69.4 Å². The maximum absolute atomic E-state index is 14.0. The Morgan fingerprint density at radius 1 is 1.08 bits per heavy atom. The molecule has 194 valence electrons. The van der Waals surface area contributed by atoms with Gasteiger partial charge in [-0.1, -0.05) is 0 Å². The highest BCUT2D eigenvalue weighted by molar-refractivity contribution is 6.07. The molecule has 0 aliphatic heterocycles. The van der Waals surface area contributed by atoms with Gasteiger partial charge in [0.1, 0.15) is 34.7 Å². The lowest BCUT2D eigenvalue weighted by Gasteiger charge is -2.30. The van der Waals surface area contributed by atoms with Crippen LogP contribution in [-0.2, 0) is 4.79 Å². The molecule has 0 saturated heterocycles. The van der Waals surface area contributed by atoms with Crippen molar-refractivity contribution in [1.82, 2.24) is 25.6 Å². The molecule has 3 saturated carbocycles. The van der Waals surface area contributed by atoms with Crippen molar-refractivity contribution in [2.24, 2.45) is 5.92 Å². The van der Waals surface area contributed by atoms with Crippen molar-refractivity contribution >= 4 is 22.8 Å². The first-order valence-corrected chi connectivity index (χ1v) is 13.0. The maximum Gasteiger partial charge on any atom is 0.255 e. The zero-order valence-corrected chi connectivity index (χ0v) is 20.4. The number of ether oxygens (including phenoxy) is 1. The average Bonchev–Trinajstić information content (AvgIpc) is 3.82. The number of amides is 2. The molecule has 0 bridgehead atoms. The number of hydrogen-bond acceptors (Lipinski definition) is 6. The summed E-state index contributed by atoms with van der Waals surface area (Å²) < 4.78 is 19.9. The van der Waals surface area contributed by atoms with Gasteiger partial charge in [0, 0.05) is 29.9 Å². The van der Waals surface area contributed by atoms with E-state index in [0.29, 0.717) is 59.0 Å². The van der Waals surface area contributed by atoms with Crippen molar-refractivity contribution in [3.63, 3.8) is 0 Å². The lowest BCUT2D eigenvalue weighted by molar-refractivity contribution is -0.132. The molecule has 3 aromatic rings. The Bertz CT molecular complexity index is 1340. The quantitative estimate of drug-likeness (QED) is 0.371. The number of benzene rings is 1. The first-order valence-electron chi connectivity index (χ1n) is 13.0. The van der Waals surface area contributed by atoms with Crippen molar-refractivity contribution in [1.29, 1.82) is 0 Å². The maximum atomic E-state index is 14.0. The summed E-state index contributed by atoms with van der Waals surface area (Å²) in [4.78, 5) is 37.2. The smallest absolute Gasteiger partial charge is 0.255 e. The first kappa shape index (κ1) is 23.8. The molecule has 10 heteroatoms. The number of rotatable bonds is 8. The van der Waals surface area contributed by atoms with E-state index >= 15 is 0 Å². The minimum Gasteiger partial charge on any atom is -0.492 e. The van der Waals surface area contributed by atoms with Crippen LogP contribution < -0.4 is 15.4 Å². The van der Waals surface area contributed by atoms with Crippen molar-refractivity contribution in [2.45, 2.75) is 69.1 Å². The Morgan fingerprint density at radius 3 is 2.51 bits per heavy atom. The number of aliphatic hydroxyl groups is 1. The van der Waals surface area contributed by atoms with Crippen LogP contribution in [0.5, 0.6) is 5.75 Å². The minimum absolute atomic E-state index is 0.0145. The van der Waals surface area contributed by atoms with Gasteiger partial charge in [-0.3, -0.25) is 9.59 Å². The summed E-state index contributed by atoms with van der Waals surface area (Å²) in [7, 11) is 0. The molecule has 9 nitrogen and oxygen atoms in total. The molecular weight excluding hydrogens is 477 g/mol. The van der Waals surface area contributed by atoms with E-state index in [2.05, 4.69) is 25.6 Å². The summed E-state index contributed by atoms with van der Waals surface area (Å²) in [5.74, 6) is 0.0314. The molecule has 2 heterocycles. The van der Waals surface area contributed by atoms with Gasteiger partial charge >= 0.3 is 0 Å². The van der Waals surface area contributed by atoms with E-state index in [0.717, 1.165) is 38.5 Å². The molecule has 37 heavy (non-hydrogen) atoms. The number of fused-ring (bicyclic) bond motifs is 1. The normalized spacial score (nSPS) is 22.4. The third kappa shape index (κ3) is 5.02. The third-order valence-corrected chi connectivity index (χ3v) is 7.62. The second kappa shape index (κ2) is 9.41. The summed E-state index contributed by atoms with van der Waals surface area (Å²) in [6, 6.07) is 4.37. The Kier molecular flexibility index (Phi) is 6.06. The van der Waals surface area contributed by atoms with E-state index in [-0.39, 0.29) is 29.7 Å². The fraction of sp³-hybridized carbons (Fsp3) is 0.481. The molecule has 0 radical (unpaired) electrons. The standard InChI is InChI=1S/C27H30FN5O4/c28-16-3-8-19(21(11-16)37-13-15-1-2-15)22-24-23(31-14-30-22)20(12-29-24)25(34)32-17-4-6-18(7-5-17)33-26(35)27(36)9-10-27/h3,8,11-12,14-15,17-18,29,36H,1-2,4-7,9-10,13H2,(H,32,34)(H,33,35)/t17-,18-. The molecule has 3 aliphatic rings. The molecule has 0 spiro atoms. The van der Waals surface area contributed by atoms with Crippen LogP contribution in [0.4, 0.5) is 4.39 Å². The highest BCUT2D eigenvalue weighted by Crippen LogP contribution is 2.37. The molecule has 2 aromatic heterocycles. The van der Waals surface area contributed by atoms with Crippen molar-refractivity contribution in [3.8, 4) is 17.0 Å². The Balaban J connectivity index is 1.15. The highest BCUT2D eigenvalue weighted by atomic mass is 19.1. The molecule has 6 rings (SSSR count). The molecular formula is C27H30FN5O4. The van der Waals surface area contributed by atoms with E-state index in [1.54, 1.807) is 12.3 Å². The SMILES string of the molecule is O=C(N[C@H]1CC[C@H](NC(=O)C2(O)CC2)CC1)c1c[nH]c2c(-c3ccc(F)cc3OCC3CC3)ncnc12. The lowest BCUT2D eigenvalue weighted by atomic mass is 9.90. The number of nitrogens with one attached hydrogen (secondary N) is 3. The number of aromatic amines is 1. The van der Waals surface area contributed by atoms with Gasteiger partial charge in [0.15, 0.2) is 0 Å². The number of H-pyrrole nitrogens is 1. The highest BCUT2D eigenvalue weighted by Gasteiger charge is 2.48. The van der Waals surface area contributed by atoms with Gasteiger partial charge in [0.25, 0.3) is 11.8 Å². The fourth-order valence-corrected chi connectivity index (χ4v) is 4.93. The minimum atomic E-state index is -1.17. The van der Waals surface area contributed by atoms with Crippen LogP contribution in [0.1, 0.15) is 61.7 Å². The van der Waals surface area contributed by atoms with Crippen LogP contribution in [0.25, 0.3) is 22.3 Å². The van der Waals surface area contributed by atoms with Gasteiger partial charge in [0.2, 0.25) is 0 Å². The van der Waals surface area contributed by atoms with E-state index < -0.39 is 5.60 Å². The van der Waals surface area contributed by atoms with Crippen LogP contribution in [0, 0.1) is 11.7 Å². The monoisotopic (exact) mass is 507 g/mol. The molecule has 4 N–H and O–H groups in total. The third-order valence-electron chi connectivity index (χ3n) is 7.62. The van der Waals surface area contributed by atoms with Gasteiger partial charge in [-0.2, -0.15) is 0 Å². The predicted octanol–water partition coefficient (Wildman–Crippen LogP) is 3.23. The average molecular weight is 508 g/mol. The van der Waals surface area contributed by atoms with Crippen molar-refractivity contribution in [2.75, 3.05) is 6.61 Å². The predicted molar refractivity (Wildman–Crippen MR) is 133 cm³/mol. The lowest BCUT2D eigenvalue weighted by Crippen LogP contribution is -2.47. The largest absolute Gasteiger partial charge is 0.492 e. The number of halogens is 1. The molecule has 0 atom stereocenters. The summed E-state index contributed by atoms with van der Waals surface area (Å²) in [5, 5.41) is 16.0. The van der Waals surface area contributed by atoms with Crippen LogP contribution in [-0.4, -0.2) is 56.2 Å². The fourth-order valence-electron chi connectivity index (χ4n) is 4.93. The van der Waals surface area contributed by atoms with Crippen LogP contribution in [0.2, 0.25) is 0 Å². The number of nitrogens with zero attached hydrogens (tertiary/aromatic N) is 2. The molecule has 3 aliphatic carbocycles. The summed E-state index contributed by atoms with van der Waals surface area (Å²) in [6.45, 7) is 0.538. The Morgan fingerprint density at radius 2 is 1.81 bits per heavy atom. The topological polar surface area (TPSA) is 129 Å². The summed E-state index contributed by atoms with van der Waals surface area (Å²) >= 11 is 0. The zero-order chi connectivity index (χ0) is 25.6. The number of carbonyl (C=O) groups excluding carboxylic acids is 2. The Hall–Kier alpha value is -3.53. The number of hydrogen-bond donors (Lipinski definition) is 4. The molecule has 1 aromatic carbocycles. The number of carbonyl (C=O) groups is 2. The van der Waals surface area contributed by atoms with Gasteiger partial charge < -0.3 is 25.5 Å². The summed E-state index contributed by atoms with van der Waals surface area (Å²) in [6.07, 6.45) is 9.25. The van der Waals surface area contributed by atoms with Crippen LogP contribution in [0.3, 0.4) is 0 Å². The molecule has 3 fully saturated rings. The van der Waals surface area contributed by atoms with Gasteiger partial charge in [0.05, 0.1) is 17.7 Å². The number of aromatic nitrogens is 3. The van der Waals surface area contributed by atoms with Gasteiger partial charge in [-0.15, -0.1) is 0 Å². The Labute approximate surface area is 213 Å². The second-order valence-electron chi connectivity index (χ2n) is 10.6. The van der Waals surface area contributed by atoms with Crippen LogP contribution >= 0.6 is 0 Å². The molecule has 0 unspecified atom stereocenters. The van der Waals surface area contributed by atoms with E-state index in [1.807, 2.05) is 0 Å². The van der Waals surface area contributed by atoms with Crippen molar-refractivity contribution < 1.29 is 23.8 Å². The summed E-state index contributed by atoms with van der Waals surface area (Å²) in [5.41, 5.74) is 1.49.